The lowest BCUT2D eigenvalue weighted by molar-refractivity contribution is 0.0905. The molecule has 122 valence electrons. The van der Waals surface area contributed by atoms with E-state index in [9.17, 15) is 13.2 Å². The number of carbonyl (C=O) groups is 1. The van der Waals surface area contributed by atoms with E-state index in [0.29, 0.717) is 24.3 Å². The monoisotopic (exact) mass is 326 g/mol. The highest BCUT2D eigenvalue weighted by molar-refractivity contribution is 7.92. The SMILES string of the molecule is COC[C@H](C)NC(=O)c1ccc2c(c1)C[C@@H](C)N2S(C)(=O)=O. The highest BCUT2D eigenvalue weighted by Gasteiger charge is 2.32. The zero-order chi connectivity index (χ0) is 16.5. The molecule has 1 aliphatic rings. The summed E-state index contributed by atoms with van der Waals surface area (Å²) in [5.74, 6) is -0.183. The van der Waals surface area contributed by atoms with Crippen molar-refractivity contribution in [2.75, 3.05) is 24.3 Å². The Morgan fingerprint density at radius 1 is 1.50 bits per heavy atom. The van der Waals surface area contributed by atoms with Gasteiger partial charge in [-0.2, -0.15) is 0 Å². The summed E-state index contributed by atoms with van der Waals surface area (Å²) >= 11 is 0. The Bertz CT molecular complexity index is 672. The van der Waals surface area contributed by atoms with Crippen molar-refractivity contribution in [1.29, 1.82) is 0 Å². The molecule has 0 bridgehead atoms. The highest BCUT2D eigenvalue weighted by atomic mass is 32.2. The van der Waals surface area contributed by atoms with Gasteiger partial charge < -0.3 is 10.1 Å². The molecule has 0 radical (unpaired) electrons. The predicted molar refractivity (Wildman–Crippen MR) is 85.7 cm³/mol. The van der Waals surface area contributed by atoms with Gasteiger partial charge in [0.15, 0.2) is 0 Å². The van der Waals surface area contributed by atoms with Gasteiger partial charge in [0.05, 0.1) is 18.6 Å². The summed E-state index contributed by atoms with van der Waals surface area (Å²) in [4.78, 5) is 12.2. The maximum atomic E-state index is 12.2. The minimum absolute atomic E-state index is 0.0859. The number of methoxy groups -OCH3 is 1. The average Bonchev–Trinajstić information content (AvgIpc) is 2.73. The van der Waals surface area contributed by atoms with E-state index in [1.54, 1.807) is 25.3 Å². The zero-order valence-electron chi connectivity index (χ0n) is 13.3. The van der Waals surface area contributed by atoms with Crippen molar-refractivity contribution in [3.8, 4) is 0 Å². The van der Waals surface area contributed by atoms with Crippen LogP contribution in [0.15, 0.2) is 18.2 Å². The quantitative estimate of drug-likeness (QED) is 0.881. The lowest BCUT2D eigenvalue weighted by atomic mass is 10.1. The van der Waals surface area contributed by atoms with E-state index < -0.39 is 10.0 Å². The number of hydrogen-bond acceptors (Lipinski definition) is 4. The number of carbonyl (C=O) groups excluding carboxylic acids is 1. The fourth-order valence-corrected chi connectivity index (χ4v) is 4.11. The smallest absolute Gasteiger partial charge is 0.251 e. The first kappa shape index (κ1) is 16.8. The Morgan fingerprint density at radius 2 is 2.18 bits per heavy atom. The van der Waals surface area contributed by atoms with Crippen LogP contribution in [0.5, 0.6) is 0 Å². The molecule has 2 rings (SSSR count). The maximum absolute atomic E-state index is 12.2. The summed E-state index contributed by atoms with van der Waals surface area (Å²) in [7, 11) is -1.73. The van der Waals surface area contributed by atoms with Crippen molar-refractivity contribution in [2.45, 2.75) is 32.4 Å². The van der Waals surface area contributed by atoms with Gasteiger partial charge in [-0.1, -0.05) is 0 Å². The van der Waals surface area contributed by atoms with Crippen LogP contribution in [0.2, 0.25) is 0 Å². The van der Waals surface area contributed by atoms with Crippen molar-refractivity contribution < 1.29 is 17.9 Å². The Morgan fingerprint density at radius 3 is 2.77 bits per heavy atom. The molecule has 0 saturated heterocycles. The number of nitrogens with zero attached hydrogens (tertiary/aromatic N) is 1. The van der Waals surface area contributed by atoms with Crippen molar-refractivity contribution >= 4 is 21.6 Å². The molecule has 6 nitrogen and oxygen atoms in total. The molecular formula is C15H22N2O4S. The number of sulfonamides is 1. The van der Waals surface area contributed by atoms with Crippen molar-refractivity contribution in [1.82, 2.24) is 5.32 Å². The van der Waals surface area contributed by atoms with Crippen LogP contribution in [0.4, 0.5) is 5.69 Å². The van der Waals surface area contributed by atoms with E-state index in [-0.39, 0.29) is 18.0 Å². The predicted octanol–water partition coefficient (Wildman–Crippen LogP) is 1.16. The van der Waals surface area contributed by atoms with Gasteiger partial charge in [-0.15, -0.1) is 0 Å². The number of hydrogen-bond donors (Lipinski definition) is 1. The third-order valence-corrected chi connectivity index (χ3v) is 4.92. The largest absolute Gasteiger partial charge is 0.383 e. The zero-order valence-corrected chi connectivity index (χ0v) is 14.1. The van der Waals surface area contributed by atoms with Crippen LogP contribution >= 0.6 is 0 Å². The summed E-state index contributed by atoms with van der Waals surface area (Å²) in [5.41, 5.74) is 2.07. The topological polar surface area (TPSA) is 75.7 Å². The van der Waals surface area contributed by atoms with Gasteiger partial charge in [-0.3, -0.25) is 9.10 Å². The molecule has 1 aromatic carbocycles. The second kappa shape index (κ2) is 6.26. The molecule has 0 aromatic heterocycles. The molecule has 1 aromatic rings. The van der Waals surface area contributed by atoms with Gasteiger partial charge in [0, 0.05) is 24.8 Å². The van der Waals surface area contributed by atoms with Gasteiger partial charge in [-0.25, -0.2) is 8.42 Å². The van der Waals surface area contributed by atoms with Crippen molar-refractivity contribution in [2.24, 2.45) is 0 Å². The molecule has 7 heteroatoms. The minimum Gasteiger partial charge on any atom is -0.383 e. The Hall–Kier alpha value is -1.60. The normalized spacial score (nSPS) is 18.9. The van der Waals surface area contributed by atoms with E-state index in [1.165, 1.54) is 10.6 Å². The van der Waals surface area contributed by atoms with E-state index in [1.807, 2.05) is 13.8 Å². The number of anilines is 1. The van der Waals surface area contributed by atoms with Crippen LogP contribution in [0.25, 0.3) is 0 Å². The molecule has 0 spiro atoms. The minimum atomic E-state index is -3.31. The lowest BCUT2D eigenvalue weighted by Gasteiger charge is -2.22. The molecular weight excluding hydrogens is 304 g/mol. The number of nitrogens with one attached hydrogen (secondary N) is 1. The molecule has 1 amide bonds. The van der Waals surface area contributed by atoms with Gasteiger partial charge in [-0.05, 0) is 44.0 Å². The Labute approximate surface area is 131 Å². The summed E-state index contributed by atoms with van der Waals surface area (Å²) in [6.45, 7) is 4.17. The van der Waals surface area contributed by atoms with Gasteiger partial charge in [0.25, 0.3) is 5.91 Å². The van der Waals surface area contributed by atoms with Gasteiger partial charge in [0.2, 0.25) is 10.0 Å². The number of fused-ring (bicyclic) bond motifs is 1. The standard InChI is InChI=1S/C15H22N2O4S/c1-10(9-21-3)16-15(18)12-5-6-14-13(8-12)7-11(2)17(14)22(4,19)20/h5-6,8,10-11H,7,9H2,1-4H3,(H,16,18)/t10-,11+/m0/s1. The van der Waals surface area contributed by atoms with E-state index in [0.717, 1.165) is 5.56 Å². The third-order valence-electron chi connectivity index (χ3n) is 3.65. The van der Waals surface area contributed by atoms with E-state index in [4.69, 9.17) is 4.74 Å². The summed E-state index contributed by atoms with van der Waals surface area (Å²) in [5, 5.41) is 2.85. The molecule has 22 heavy (non-hydrogen) atoms. The van der Waals surface area contributed by atoms with Gasteiger partial charge in [0.1, 0.15) is 0 Å². The maximum Gasteiger partial charge on any atom is 0.251 e. The molecule has 0 saturated carbocycles. The number of amides is 1. The molecule has 0 fully saturated rings. The van der Waals surface area contributed by atoms with Crippen molar-refractivity contribution in [3.05, 3.63) is 29.3 Å². The molecule has 1 N–H and O–H groups in total. The lowest BCUT2D eigenvalue weighted by Crippen LogP contribution is -2.35. The third kappa shape index (κ3) is 3.41. The van der Waals surface area contributed by atoms with E-state index in [2.05, 4.69) is 5.32 Å². The summed E-state index contributed by atoms with van der Waals surface area (Å²) in [6.07, 6.45) is 1.81. The fourth-order valence-electron chi connectivity index (χ4n) is 2.85. The molecule has 0 unspecified atom stereocenters. The van der Waals surface area contributed by atoms with E-state index >= 15 is 0 Å². The van der Waals surface area contributed by atoms with Crippen LogP contribution in [-0.4, -0.2) is 46.4 Å². The van der Waals surface area contributed by atoms with Crippen LogP contribution < -0.4 is 9.62 Å². The fraction of sp³-hybridized carbons (Fsp3) is 0.533. The van der Waals surface area contributed by atoms with Crippen LogP contribution in [0.3, 0.4) is 0 Å². The molecule has 1 heterocycles. The average molecular weight is 326 g/mol. The summed E-state index contributed by atoms with van der Waals surface area (Å²) in [6, 6.07) is 4.92. The Balaban J connectivity index is 2.24. The highest BCUT2D eigenvalue weighted by Crippen LogP contribution is 2.34. The molecule has 2 atom stereocenters. The summed E-state index contributed by atoms with van der Waals surface area (Å²) < 4.78 is 30.2. The van der Waals surface area contributed by atoms with Crippen LogP contribution in [-0.2, 0) is 21.2 Å². The number of rotatable bonds is 5. The molecule has 1 aliphatic heterocycles. The number of ether oxygens (including phenoxy) is 1. The first-order valence-corrected chi connectivity index (χ1v) is 9.01. The van der Waals surface area contributed by atoms with Crippen LogP contribution in [0, 0.1) is 0 Å². The second-order valence-electron chi connectivity index (χ2n) is 5.79. The first-order valence-electron chi connectivity index (χ1n) is 7.16. The first-order chi connectivity index (χ1) is 10.2. The number of benzene rings is 1. The van der Waals surface area contributed by atoms with Crippen LogP contribution in [0.1, 0.15) is 29.8 Å². The van der Waals surface area contributed by atoms with Gasteiger partial charge >= 0.3 is 0 Å². The van der Waals surface area contributed by atoms with Crippen molar-refractivity contribution in [3.63, 3.8) is 0 Å². The Kier molecular flexibility index (Phi) is 4.77. The second-order valence-corrected chi connectivity index (χ2v) is 7.64. The molecule has 0 aliphatic carbocycles.